The highest BCUT2D eigenvalue weighted by molar-refractivity contribution is 8.00. The van der Waals surface area contributed by atoms with Crippen LogP contribution in [0.25, 0.3) is 11.2 Å². The number of thioether (sulfide) groups is 1. The molecule has 4 N–H and O–H groups in total. The Balaban J connectivity index is 1.43. The zero-order valence-corrected chi connectivity index (χ0v) is 14.9. The Morgan fingerprint density at radius 1 is 1.31 bits per heavy atom. The molecule has 0 bridgehead atoms. The molecule has 1 amide bonds. The first-order valence-electron chi connectivity index (χ1n) is 7.81. The highest BCUT2D eigenvalue weighted by Crippen LogP contribution is 2.40. The average molecular weight is 372 g/mol. The molecule has 0 spiro atoms. The minimum Gasteiger partial charge on any atom is -0.449 e. The number of amides is 1. The van der Waals surface area contributed by atoms with Crippen molar-refractivity contribution in [2.45, 2.75) is 24.7 Å². The molecule has 0 saturated carbocycles. The lowest BCUT2D eigenvalue weighted by atomic mass is 10.3. The Kier molecular flexibility index (Phi) is 3.83. The second-order valence-electron chi connectivity index (χ2n) is 6.09. The maximum absolute atomic E-state index is 12.3. The molecule has 2 aromatic heterocycles. The fraction of sp³-hybridized carbons (Fsp3) is 0.250. The van der Waals surface area contributed by atoms with E-state index >= 15 is 0 Å². The van der Waals surface area contributed by atoms with Crippen molar-refractivity contribution < 1.29 is 14.3 Å². The molecule has 3 heterocycles. The fourth-order valence-corrected chi connectivity index (χ4v) is 3.35. The number of nitrogens with two attached hydrogens (primary N) is 1. The largest absolute Gasteiger partial charge is 0.449 e. The van der Waals surface area contributed by atoms with E-state index in [0.717, 1.165) is 0 Å². The van der Waals surface area contributed by atoms with Crippen molar-refractivity contribution in [3.8, 4) is 11.5 Å². The second-order valence-corrected chi connectivity index (χ2v) is 7.05. The molecule has 0 fully saturated rings. The lowest BCUT2D eigenvalue weighted by molar-refractivity contribution is -0.113. The number of hydrogen-bond acceptors (Lipinski definition) is 8. The predicted octanol–water partition coefficient (Wildman–Crippen LogP) is 2.17. The van der Waals surface area contributed by atoms with Crippen molar-refractivity contribution in [1.82, 2.24) is 19.9 Å². The van der Waals surface area contributed by atoms with Crippen LogP contribution in [-0.4, -0.2) is 37.4 Å². The Morgan fingerprint density at radius 2 is 2.12 bits per heavy atom. The number of benzene rings is 1. The van der Waals surface area contributed by atoms with Gasteiger partial charge in [0.15, 0.2) is 17.1 Å². The van der Waals surface area contributed by atoms with E-state index in [1.165, 1.54) is 18.1 Å². The van der Waals surface area contributed by atoms with Crippen LogP contribution in [0.15, 0.2) is 29.6 Å². The van der Waals surface area contributed by atoms with Gasteiger partial charge >= 0.3 is 0 Å². The summed E-state index contributed by atoms with van der Waals surface area (Å²) in [5, 5.41) is 3.41. The Hall–Kier alpha value is -3.01. The highest BCUT2D eigenvalue weighted by atomic mass is 32.2. The zero-order valence-electron chi connectivity index (χ0n) is 14.1. The van der Waals surface area contributed by atoms with Gasteiger partial charge < -0.3 is 25.5 Å². The number of anilines is 2. The van der Waals surface area contributed by atoms with Crippen molar-refractivity contribution >= 4 is 40.5 Å². The maximum Gasteiger partial charge on any atom is 0.246 e. The van der Waals surface area contributed by atoms with Crippen LogP contribution in [0.1, 0.15) is 13.8 Å². The summed E-state index contributed by atoms with van der Waals surface area (Å²) in [6.07, 6.45) is 1.51. The third-order valence-corrected chi connectivity index (χ3v) is 4.52. The van der Waals surface area contributed by atoms with E-state index in [-0.39, 0.29) is 17.6 Å². The number of nitrogen functional groups attached to an aromatic ring is 1. The molecule has 0 unspecified atom stereocenters. The molecule has 1 aromatic carbocycles. The molecular weight excluding hydrogens is 356 g/mol. The molecule has 134 valence electrons. The molecule has 1 aliphatic heterocycles. The third kappa shape index (κ3) is 3.23. The SMILES string of the molecule is CC1(C)Oc2ccc(NC(=O)CSc3nc(N)nc4nc[nH]c34)cc2O1. The first kappa shape index (κ1) is 16.5. The van der Waals surface area contributed by atoms with E-state index < -0.39 is 5.79 Å². The van der Waals surface area contributed by atoms with E-state index in [9.17, 15) is 4.79 Å². The van der Waals surface area contributed by atoms with Gasteiger partial charge in [0.05, 0.1) is 12.1 Å². The number of ether oxygens (including phenoxy) is 2. The molecule has 0 radical (unpaired) electrons. The van der Waals surface area contributed by atoms with Gasteiger partial charge in [-0.15, -0.1) is 0 Å². The molecular formula is C16H16N6O3S. The molecule has 0 atom stereocenters. The lowest BCUT2D eigenvalue weighted by Crippen LogP contribution is -2.29. The van der Waals surface area contributed by atoms with Gasteiger partial charge in [-0.05, 0) is 12.1 Å². The maximum atomic E-state index is 12.3. The molecule has 3 aromatic rings. The molecule has 0 saturated heterocycles. The van der Waals surface area contributed by atoms with Gasteiger partial charge in [-0.1, -0.05) is 11.8 Å². The van der Waals surface area contributed by atoms with Gasteiger partial charge in [0.1, 0.15) is 10.5 Å². The van der Waals surface area contributed by atoms with Crippen LogP contribution in [0.2, 0.25) is 0 Å². The van der Waals surface area contributed by atoms with Gasteiger partial charge in [0, 0.05) is 25.6 Å². The Labute approximate surface area is 152 Å². The fourth-order valence-electron chi connectivity index (χ4n) is 2.56. The molecule has 26 heavy (non-hydrogen) atoms. The van der Waals surface area contributed by atoms with E-state index in [4.69, 9.17) is 15.2 Å². The number of aromatic amines is 1. The summed E-state index contributed by atoms with van der Waals surface area (Å²) in [5.41, 5.74) is 7.43. The van der Waals surface area contributed by atoms with Crippen molar-refractivity contribution in [2.75, 3.05) is 16.8 Å². The van der Waals surface area contributed by atoms with Gasteiger partial charge in [-0.3, -0.25) is 4.79 Å². The number of nitrogens with zero attached hydrogens (tertiary/aromatic N) is 3. The number of carbonyl (C=O) groups excluding carboxylic acids is 1. The number of nitrogens with one attached hydrogen (secondary N) is 2. The monoisotopic (exact) mass is 372 g/mol. The summed E-state index contributed by atoms with van der Waals surface area (Å²) in [6.45, 7) is 3.65. The first-order valence-corrected chi connectivity index (χ1v) is 8.79. The number of H-pyrrole nitrogens is 1. The van der Waals surface area contributed by atoms with Crippen molar-refractivity contribution in [1.29, 1.82) is 0 Å². The minimum atomic E-state index is -0.705. The highest BCUT2D eigenvalue weighted by Gasteiger charge is 2.31. The topological polar surface area (TPSA) is 128 Å². The summed E-state index contributed by atoms with van der Waals surface area (Å²) in [6, 6.07) is 5.27. The molecule has 4 rings (SSSR count). The second kappa shape index (κ2) is 6.06. The number of carbonyl (C=O) groups is 1. The summed E-state index contributed by atoms with van der Waals surface area (Å²) in [5.74, 6) is 0.640. The standard InChI is InChI=1S/C16H16N6O3S/c1-16(2)24-9-4-3-8(5-10(9)25-16)20-11(23)6-26-14-12-13(19-7-18-12)21-15(17)22-14/h3-5,7H,6H2,1-2H3,(H,20,23)(H3,17,18,19,21,22). The molecule has 1 aliphatic rings. The number of aromatic nitrogens is 4. The summed E-state index contributed by atoms with van der Waals surface area (Å²) < 4.78 is 11.3. The van der Waals surface area contributed by atoms with Crippen molar-refractivity contribution in [3.05, 3.63) is 24.5 Å². The Morgan fingerprint density at radius 3 is 2.96 bits per heavy atom. The van der Waals surface area contributed by atoms with Crippen LogP contribution in [0, 0.1) is 0 Å². The molecule has 9 nitrogen and oxygen atoms in total. The quantitative estimate of drug-likeness (QED) is 0.469. The van der Waals surface area contributed by atoms with E-state index in [2.05, 4.69) is 25.3 Å². The van der Waals surface area contributed by atoms with E-state index in [0.29, 0.717) is 33.4 Å². The Bertz CT molecular complexity index is 1000. The number of rotatable bonds is 4. The van der Waals surface area contributed by atoms with Gasteiger partial charge in [0.25, 0.3) is 0 Å². The van der Waals surface area contributed by atoms with Crippen LogP contribution in [0.5, 0.6) is 11.5 Å². The number of imidazole rings is 1. The molecule has 10 heteroatoms. The average Bonchev–Trinajstić information content (AvgIpc) is 3.14. The zero-order chi connectivity index (χ0) is 18.3. The normalized spacial score (nSPS) is 14.5. The van der Waals surface area contributed by atoms with Gasteiger partial charge in [-0.25, -0.2) is 9.97 Å². The smallest absolute Gasteiger partial charge is 0.246 e. The summed E-state index contributed by atoms with van der Waals surface area (Å²) in [4.78, 5) is 27.5. The van der Waals surface area contributed by atoms with Crippen molar-refractivity contribution in [3.63, 3.8) is 0 Å². The summed E-state index contributed by atoms with van der Waals surface area (Å²) >= 11 is 1.25. The van der Waals surface area contributed by atoms with E-state index in [1.807, 2.05) is 13.8 Å². The third-order valence-electron chi connectivity index (χ3n) is 3.55. The first-order chi connectivity index (χ1) is 12.4. The van der Waals surface area contributed by atoms with Crippen LogP contribution in [0.4, 0.5) is 11.6 Å². The van der Waals surface area contributed by atoms with Crippen molar-refractivity contribution in [2.24, 2.45) is 0 Å². The van der Waals surface area contributed by atoms with Gasteiger partial charge in [-0.2, -0.15) is 4.98 Å². The molecule has 0 aliphatic carbocycles. The van der Waals surface area contributed by atoms with Crippen LogP contribution >= 0.6 is 11.8 Å². The number of hydrogen-bond donors (Lipinski definition) is 3. The predicted molar refractivity (Wildman–Crippen MR) is 97.2 cm³/mol. The summed E-state index contributed by atoms with van der Waals surface area (Å²) in [7, 11) is 0. The van der Waals surface area contributed by atoms with Crippen LogP contribution in [0.3, 0.4) is 0 Å². The van der Waals surface area contributed by atoms with E-state index in [1.54, 1.807) is 18.2 Å². The lowest BCUT2D eigenvalue weighted by Gasteiger charge is -2.16. The number of fused-ring (bicyclic) bond motifs is 2. The van der Waals surface area contributed by atoms with Crippen LogP contribution < -0.4 is 20.5 Å². The van der Waals surface area contributed by atoms with Gasteiger partial charge in [0.2, 0.25) is 17.6 Å². The van der Waals surface area contributed by atoms with Crippen LogP contribution in [-0.2, 0) is 4.79 Å². The minimum absolute atomic E-state index is 0.117.